The molecule has 1 unspecified atom stereocenters. The standard InChI is InChI=1S/C19H11Cl5N2O5/c1-7(19(30)31-6-10(27)25-9-4-2-8(20)3-5-9)26-17(28)11-12(18(26)29)14(22)16(24)15(23)13(11)21/h2-5,7H,6H2,1H3,(H,25,27). The van der Waals surface area contributed by atoms with Crippen LogP contribution in [0.2, 0.25) is 25.1 Å². The van der Waals surface area contributed by atoms with Gasteiger partial charge in [0.25, 0.3) is 17.7 Å². The lowest BCUT2D eigenvalue weighted by Gasteiger charge is -2.20. The van der Waals surface area contributed by atoms with Crippen LogP contribution in [0.15, 0.2) is 24.3 Å². The Morgan fingerprint density at radius 1 is 0.903 bits per heavy atom. The Morgan fingerprint density at radius 3 is 1.87 bits per heavy atom. The van der Waals surface area contributed by atoms with E-state index in [1.54, 1.807) is 24.3 Å². The van der Waals surface area contributed by atoms with Gasteiger partial charge in [0.05, 0.1) is 31.2 Å². The lowest BCUT2D eigenvalue weighted by atomic mass is 10.1. The van der Waals surface area contributed by atoms with Gasteiger partial charge in [-0.1, -0.05) is 58.0 Å². The number of hydrogen-bond acceptors (Lipinski definition) is 5. The third-order valence-electron chi connectivity index (χ3n) is 4.33. The SMILES string of the molecule is CC(C(=O)OCC(=O)Nc1ccc(Cl)cc1)N1C(=O)c2c(Cl)c(Cl)c(Cl)c(Cl)c2C1=O. The summed E-state index contributed by atoms with van der Waals surface area (Å²) in [7, 11) is 0. The first-order valence-corrected chi connectivity index (χ1v) is 10.4. The normalized spacial score (nSPS) is 13.8. The summed E-state index contributed by atoms with van der Waals surface area (Å²) in [5, 5.41) is 2.10. The molecule has 0 saturated heterocycles. The van der Waals surface area contributed by atoms with Crippen molar-refractivity contribution in [1.82, 2.24) is 4.90 Å². The molecule has 1 N–H and O–H groups in total. The summed E-state index contributed by atoms with van der Waals surface area (Å²) in [5.74, 6) is -3.40. The average molecular weight is 525 g/mol. The van der Waals surface area contributed by atoms with Crippen LogP contribution in [0.3, 0.4) is 0 Å². The van der Waals surface area contributed by atoms with Crippen molar-refractivity contribution in [3.8, 4) is 0 Å². The van der Waals surface area contributed by atoms with E-state index in [0.29, 0.717) is 15.6 Å². The van der Waals surface area contributed by atoms with E-state index in [1.165, 1.54) is 6.92 Å². The Kier molecular flexibility index (Phi) is 7.03. The molecule has 7 nitrogen and oxygen atoms in total. The van der Waals surface area contributed by atoms with Gasteiger partial charge < -0.3 is 10.1 Å². The zero-order valence-electron chi connectivity index (χ0n) is 15.5. The van der Waals surface area contributed by atoms with Crippen molar-refractivity contribution < 1.29 is 23.9 Å². The van der Waals surface area contributed by atoms with E-state index in [4.69, 9.17) is 62.7 Å². The number of esters is 1. The minimum atomic E-state index is -1.37. The number of nitrogens with one attached hydrogen (secondary N) is 1. The summed E-state index contributed by atoms with van der Waals surface area (Å²) >= 11 is 29.8. The molecule has 2 aromatic carbocycles. The van der Waals surface area contributed by atoms with Gasteiger partial charge in [-0.05, 0) is 31.2 Å². The fraction of sp³-hybridized carbons (Fsp3) is 0.158. The summed E-state index contributed by atoms with van der Waals surface area (Å²) < 4.78 is 4.94. The molecule has 1 heterocycles. The summed E-state index contributed by atoms with van der Waals surface area (Å²) in [4.78, 5) is 50.5. The quantitative estimate of drug-likeness (QED) is 0.254. The maximum absolute atomic E-state index is 12.8. The van der Waals surface area contributed by atoms with Gasteiger partial charge in [0, 0.05) is 10.7 Å². The predicted octanol–water partition coefficient (Wildman–Crippen LogP) is 5.12. The van der Waals surface area contributed by atoms with E-state index < -0.39 is 36.3 Å². The van der Waals surface area contributed by atoms with Crippen molar-refractivity contribution >= 4 is 87.4 Å². The van der Waals surface area contributed by atoms with Crippen LogP contribution in [0, 0.1) is 0 Å². The van der Waals surface area contributed by atoms with Gasteiger partial charge in [-0.15, -0.1) is 0 Å². The molecule has 0 radical (unpaired) electrons. The predicted molar refractivity (Wildman–Crippen MR) is 117 cm³/mol. The van der Waals surface area contributed by atoms with E-state index >= 15 is 0 Å². The Hall–Kier alpha value is -2.03. The molecule has 3 amide bonds. The highest BCUT2D eigenvalue weighted by atomic mass is 35.5. The van der Waals surface area contributed by atoms with Gasteiger partial charge in [-0.25, -0.2) is 4.79 Å². The van der Waals surface area contributed by atoms with Crippen molar-refractivity contribution in [2.75, 3.05) is 11.9 Å². The van der Waals surface area contributed by atoms with E-state index in [9.17, 15) is 19.2 Å². The molecule has 3 rings (SSSR count). The van der Waals surface area contributed by atoms with Gasteiger partial charge >= 0.3 is 5.97 Å². The first-order chi connectivity index (χ1) is 14.5. The molecule has 0 spiro atoms. The zero-order chi connectivity index (χ0) is 23.0. The van der Waals surface area contributed by atoms with E-state index in [0.717, 1.165) is 0 Å². The summed E-state index contributed by atoms with van der Waals surface area (Å²) in [6.07, 6.45) is 0. The molecular formula is C19H11Cl5N2O5. The lowest BCUT2D eigenvalue weighted by Crippen LogP contribution is -2.44. The van der Waals surface area contributed by atoms with E-state index in [-0.39, 0.29) is 31.2 Å². The highest BCUT2D eigenvalue weighted by Gasteiger charge is 2.45. The Labute approximate surface area is 201 Å². The van der Waals surface area contributed by atoms with Crippen LogP contribution in [-0.2, 0) is 14.3 Å². The number of rotatable bonds is 5. The van der Waals surface area contributed by atoms with E-state index in [2.05, 4.69) is 5.32 Å². The molecule has 1 aliphatic rings. The van der Waals surface area contributed by atoms with Crippen LogP contribution < -0.4 is 5.32 Å². The number of imide groups is 1. The van der Waals surface area contributed by atoms with Crippen LogP contribution in [0.4, 0.5) is 5.69 Å². The third kappa shape index (κ3) is 4.47. The minimum Gasteiger partial charge on any atom is -0.454 e. The van der Waals surface area contributed by atoms with Gasteiger partial charge in [-0.2, -0.15) is 0 Å². The molecule has 0 fully saturated rings. The number of ether oxygens (including phenoxy) is 1. The highest BCUT2D eigenvalue weighted by Crippen LogP contribution is 2.45. The van der Waals surface area contributed by atoms with Crippen molar-refractivity contribution in [3.05, 3.63) is 60.5 Å². The van der Waals surface area contributed by atoms with Crippen LogP contribution in [-0.4, -0.2) is 41.2 Å². The molecule has 162 valence electrons. The number of amides is 3. The van der Waals surface area contributed by atoms with Gasteiger partial charge in [0.15, 0.2) is 6.61 Å². The molecule has 31 heavy (non-hydrogen) atoms. The van der Waals surface area contributed by atoms with Gasteiger partial charge in [-0.3, -0.25) is 19.3 Å². The van der Waals surface area contributed by atoms with Gasteiger partial charge in [0.2, 0.25) is 0 Å². The summed E-state index contributed by atoms with van der Waals surface area (Å²) in [5.41, 5.74) is -0.0747. The van der Waals surface area contributed by atoms with Crippen molar-refractivity contribution in [3.63, 3.8) is 0 Å². The molecule has 2 aromatic rings. The van der Waals surface area contributed by atoms with Crippen molar-refractivity contribution in [1.29, 1.82) is 0 Å². The van der Waals surface area contributed by atoms with E-state index in [1.807, 2.05) is 0 Å². The van der Waals surface area contributed by atoms with Crippen LogP contribution in [0.5, 0.6) is 0 Å². The number of benzene rings is 2. The van der Waals surface area contributed by atoms with Gasteiger partial charge in [0.1, 0.15) is 6.04 Å². The number of anilines is 1. The second kappa shape index (κ2) is 9.22. The second-order valence-corrected chi connectivity index (χ2v) is 8.27. The number of nitrogens with zero attached hydrogens (tertiary/aromatic N) is 1. The Balaban J connectivity index is 1.71. The Morgan fingerprint density at radius 2 is 1.39 bits per heavy atom. The number of hydrogen-bond donors (Lipinski definition) is 1. The second-order valence-electron chi connectivity index (χ2n) is 6.32. The average Bonchev–Trinajstić information content (AvgIpc) is 3.00. The zero-order valence-corrected chi connectivity index (χ0v) is 19.3. The fourth-order valence-electron chi connectivity index (χ4n) is 2.81. The number of carbonyl (C=O) groups excluding carboxylic acids is 4. The van der Waals surface area contributed by atoms with Crippen molar-refractivity contribution in [2.24, 2.45) is 0 Å². The molecule has 0 bridgehead atoms. The van der Waals surface area contributed by atoms with Crippen LogP contribution >= 0.6 is 58.0 Å². The molecular weight excluding hydrogens is 513 g/mol. The highest BCUT2D eigenvalue weighted by molar-refractivity contribution is 6.55. The van der Waals surface area contributed by atoms with Crippen molar-refractivity contribution in [2.45, 2.75) is 13.0 Å². The molecule has 0 aromatic heterocycles. The first-order valence-electron chi connectivity index (χ1n) is 8.50. The molecule has 1 atom stereocenters. The number of halogens is 5. The maximum Gasteiger partial charge on any atom is 0.329 e. The van der Waals surface area contributed by atoms with Crippen LogP contribution in [0.1, 0.15) is 27.6 Å². The summed E-state index contributed by atoms with van der Waals surface area (Å²) in [6.45, 7) is 0.611. The Bertz CT molecular complexity index is 1070. The van der Waals surface area contributed by atoms with Crippen LogP contribution in [0.25, 0.3) is 0 Å². The first kappa shape index (κ1) is 23.6. The monoisotopic (exact) mass is 522 g/mol. The minimum absolute atomic E-state index is 0.191. The topological polar surface area (TPSA) is 92.8 Å². The molecule has 0 aliphatic carbocycles. The lowest BCUT2D eigenvalue weighted by molar-refractivity contribution is -0.150. The third-order valence-corrected chi connectivity index (χ3v) is 6.39. The molecule has 1 aliphatic heterocycles. The molecule has 12 heteroatoms. The number of carbonyl (C=O) groups is 4. The number of fused-ring (bicyclic) bond motifs is 1. The maximum atomic E-state index is 12.8. The fourth-order valence-corrected chi connectivity index (χ4v) is 3.95. The smallest absolute Gasteiger partial charge is 0.329 e. The molecule has 0 saturated carbocycles. The largest absolute Gasteiger partial charge is 0.454 e. The summed E-state index contributed by atoms with van der Waals surface area (Å²) in [6, 6.07) is 4.89.